The van der Waals surface area contributed by atoms with Crippen molar-refractivity contribution in [2.24, 2.45) is 0 Å². The largest absolute Gasteiger partial charge is 0.379 e. The van der Waals surface area contributed by atoms with Gasteiger partial charge in [0.1, 0.15) is 0 Å². The van der Waals surface area contributed by atoms with Crippen LogP contribution in [0.5, 0.6) is 0 Å². The summed E-state index contributed by atoms with van der Waals surface area (Å²) in [7, 11) is 2.12. The predicted octanol–water partition coefficient (Wildman–Crippen LogP) is 0.953. The highest BCUT2D eigenvalue weighted by Gasteiger charge is 2.01. The summed E-state index contributed by atoms with van der Waals surface area (Å²) in [6, 6.07) is 0.609. The molecule has 0 heterocycles. The van der Waals surface area contributed by atoms with Crippen molar-refractivity contribution >= 4 is 0 Å². The highest BCUT2D eigenvalue weighted by molar-refractivity contribution is 4.55. The average Bonchev–Trinajstić information content (AvgIpc) is 2.10. The van der Waals surface area contributed by atoms with E-state index in [2.05, 4.69) is 38.0 Å². The number of ether oxygens (including phenoxy) is 1. The minimum Gasteiger partial charge on any atom is -0.379 e. The van der Waals surface area contributed by atoms with Gasteiger partial charge < -0.3 is 15.0 Å². The number of nitrogens with zero attached hydrogens (tertiary/aromatic N) is 1. The van der Waals surface area contributed by atoms with E-state index in [4.69, 9.17) is 4.74 Å². The molecule has 0 spiro atoms. The van der Waals surface area contributed by atoms with Gasteiger partial charge in [0, 0.05) is 19.1 Å². The van der Waals surface area contributed by atoms with Gasteiger partial charge in [0.05, 0.1) is 13.2 Å². The first-order valence-electron chi connectivity index (χ1n) is 5.17. The molecule has 0 rings (SSSR count). The van der Waals surface area contributed by atoms with Crippen LogP contribution in [0.3, 0.4) is 0 Å². The molecule has 0 unspecified atom stereocenters. The number of rotatable bonds is 8. The van der Waals surface area contributed by atoms with Crippen molar-refractivity contribution in [3.05, 3.63) is 0 Å². The Balaban J connectivity index is 3.07. The van der Waals surface area contributed by atoms with E-state index in [1.165, 1.54) is 0 Å². The fourth-order valence-corrected chi connectivity index (χ4v) is 0.890. The Hall–Kier alpha value is -0.120. The summed E-state index contributed by atoms with van der Waals surface area (Å²) in [5, 5.41) is 3.22. The molecular weight excluding hydrogens is 164 g/mol. The molecule has 0 aliphatic rings. The van der Waals surface area contributed by atoms with E-state index in [9.17, 15) is 0 Å². The van der Waals surface area contributed by atoms with Crippen LogP contribution in [0.15, 0.2) is 0 Å². The molecule has 80 valence electrons. The summed E-state index contributed by atoms with van der Waals surface area (Å²) in [5.74, 6) is 0. The first-order chi connectivity index (χ1) is 6.18. The van der Waals surface area contributed by atoms with Crippen LogP contribution in [0.2, 0.25) is 0 Å². The van der Waals surface area contributed by atoms with E-state index in [0.29, 0.717) is 6.04 Å². The summed E-state index contributed by atoms with van der Waals surface area (Å²) >= 11 is 0. The third kappa shape index (κ3) is 8.22. The van der Waals surface area contributed by atoms with Gasteiger partial charge in [-0.15, -0.1) is 0 Å². The molecule has 0 aliphatic heterocycles. The smallest absolute Gasteiger partial charge is 0.0594 e. The Labute approximate surface area is 82.4 Å². The van der Waals surface area contributed by atoms with Crippen LogP contribution in [0.4, 0.5) is 0 Å². The molecular formula is C10H24N2O. The van der Waals surface area contributed by atoms with Crippen LogP contribution in [-0.2, 0) is 4.74 Å². The Morgan fingerprint density at radius 3 is 2.54 bits per heavy atom. The molecule has 0 saturated heterocycles. The normalized spacial score (nSPS) is 11.5. The van der Waals surface area contributed by atoms with E-state index in [1.807, 2.05) is 0 Å². The van der Waals surface area contributed by atoms with Crippen molar-refractivity contribution in [1.82, 2.24) is 10.2 Å². The third-order valence-corrected chi connectivity index (χ3v) is 2.14. The lowest BCUT2D eigenvalue weighted by molar-refractivity contribution is 0.105. The maximum atomic E-state index is 5.45. The van der Waals surface area contributed by atoms with Gasteiger partial charge in [-0.3, -0.25) is 0 Å². The standard InChI is InChI=1S/C10H24N2O/c1-5-11-6-8-13-9-7-12(4)10(2)3/h10-11H,5-9H2,1-4H3. The zero-order chi connectivity index (χ0) is 10.1. The van der Waals surface area contributed by atoms with Crippen molar-refractivity contribution < 1.29 is 4.74 Å². The summed E-state index contributed by atoms with van der Waals surface area (Å²) in [6.07, 6.45) is 0. The minimum atomic E-state index is 0.609. The lowest BCUT2D eigenvalue weighted by atomic mass is 10.3. The molecule has 13 heavy (non-hydrogen) atoms. The maximum Gasteiger partial charge on any atom is 0.0594 e. The molecule has 0 radical (unpaired) electrons. The Bertz CT molecular complexity index is 107. The molecule has 0 fully saturated rings. The zero-order valence-electron chi connectivity index (χ0n) is 9.47. The van der Waals surface area contributed by atoms with Crippen LogP contribution in [0.25, 0.3) is 0 Å². The van der Waals surface area contributed by atoms with Gasteiger partial charge in [0.25, 0.3) is 0 Å². The molecule has 1 N–H and O–H groups in total. The minimum absolute atomic E-state index is 0.609. The maximum absolute atomic E-state index is 5.45. The Morgan fingerprint density at radius 2 is 2.00 bits per heavy atom. The van der Waals surface area contributed by atoms with Crippen LogP contribution < -0.4 is 5.32 Å². The Morgan fingerprint density at radius 1 is 1.31 bits per heavy atom. The summed E-state index contributed by atoms with van der Waals surface area (Å²) in [6.45, 7) is 11.1. The van der Waals surface area contributed by atoms with Crippen LogP contribution in [0, 0.1) is 0 Å². The Kier molecular flexibility index (Phi) is 8.40. The number of hydrogen-bond donors (Lipinski definition) is 1. The molecule has 0 aromatic carbocycles. The predicted molar refractivity (Wildman–Crippen MR) is 57.1 cm³/mol. The van der Waals surface area contributed by atoms with E-state index in [1.54, 1.807) is 0 Å². The SMILES string of the molecule is CCNCCOCCN(C)C(C)C. The van der Waals surface area contributed by atoms with Gasteiger partial charge in [-0.2, -0.15) is 0 Å². The van der Waals surface area contributed by atoms with Crippen LogP contribution >= 0.6 is 0 Å². The summed E-state index contributed by atoms with van der Waals surface area (Å²) in [5.41, 5.74) is 0. The highest BCUT2D eigenvalue weighted by Crippen LogP contribution is 1.91. The number of hydrogen-bond acceptors (Lipinski definition) is 3. The van der Waals surface area contributed by atoms with Gasteiger partial charge in [0.15, 0.2) is 0 Å². The average molecular weight is 188 g/mol. The monoisotopic (exact) mass is 188 g/mol. The van der Waals surface area contributed by atoms with Crippen molar-refractivity contribution in [3.63, 3.8) is 0 Å². The molecule has 0 aromatic heterocycles. The fraction of sp³-hybridized carbons (Fsp3) is 1.00. The van der Waals surface area contributed by atoms with Crippen molar-refractivity contribution in [2.75, 3.05) is 39.9 Å². The van der Waals surface area contributed by atoms with E-state index in [0.717, 1.165) is 32.8 Å². The van der Waals surface area contributed by atoms with Gasteiger partial charge in [-0.05, 0) is 27.4 Å². The van der Waals surface area contributed by atoms with E-state index in [-0.39, 0.29) is 0 Å². The fourth-order valence-electron chi connectivity index (χ4n) is 0.890. The topological polar surface area (TPSA) is 24.5 Å². The second kappa shape index (κ2) is 8.48. The molecule has 3 nitrogen and oxygen atoms in total. The number of likely N-dealkylation sites (N-methyl/N-ethyl adjacent to an activating group) is 2. The van der Waals surface area contributed by atoms with Gasteiger partial charge >= 0.3 is 0 Å². The molecule has 0 saturated carbocycles. The molecule has 0 atom stereocenters. The van der Waals surface area contributed by atoms with Gasteiger partial charge in [0.2, 0.25) is 0 Å². The lowest BCUT2D eigenvalue weighted by Crippen LogP contribution is -2.30. The summed E-state index contributed by atoms with van der Waals surface area (Å²) in [4.78, 5) is 2.28. The van der Waals surface area contributed by atoms with Gasteiger partial charge in [-0.1, -0.05) is 6.92 Å². The molecule has 3 heteroatoms. The molecule has 0 aromatic rings. The lowest BCUT2D eigenvalue weighted by Gasteiger charge is -2.20. The van der Waals surface area contributed by atoms with E-state index >= 15 is 0 Å². The first kappa shape index (κ1) is 12.9. The quantitative estimate of drug-likeness (QED) is 0.574. The van der Waals surface area contributed by atoms with Gasteiger partial charge in [-0.25, -0.2) is 0 Å². The van der Waals surface area contributed by atoms with Crippen LogP contribution in [0.1, 0.15) is 20.8 Å². The second-order valence-electron chi connectivity index (χ2n) is 3.54. The van der Waals surface area contributed by atoms with Crippen molar-refractivity contribution in [1.29, 1.82) is 0 Å². The zero-order valence-corrected chi connectivity index (χ0v) is 9.47. The molecule has 0 aliphatic carbocycles. The van der Waals surface area contributed by atoms with Crippen LogP contribution in [-0.4, -0.2) is 50.8 Å². The third-order valence-electron chi connectivity index (χ3n) is 2.14. The van der Waals surface area contributed by atoms with E-state index < -0.39 is 0 Å². The highest BCUT2D eigenvalue weighted by atomic mass is 16.5. The van der Waals surface area contributed by atoms with Crippen molar-refractivity contribution in [3.8, 4) is 0 Å². The molecule has 0 amide bonds. The number of nitrogens with one attached hydrogen (secondary N) is 1. The molecule has 0 bridgehead atoms. The second-order valence-corrected chi connectivity index (χ2v) is 3.54. The summed E-state index contributed by atoms with van der Waals surface area (Å²) < 4.78 is 5.45. The van der Waals surface area contributed by atoms with Crippen molar-refractivity contribution in [2.45, 2.75) is 26.8 Å². The first-order valence-corrected chi connectivity index (χ1v) is 5.17.